The Labute approximate surface area is 83.3 Å². The van der Waals surface area contributed by atoms with Gasteiger partial charge >= 0.3 is 0 Å². The number of pyridine rings is 1. The fourth-order valence-electron chi connectivity index (χ4n) is 1.81. The molecule has 3 heteroatoms. The van der Waals surface area contributed by atoms with E-state index in [0.29, 0.717) is 5.82 Å². The number of hydrogen-bond donors (Lipinski definition) is 2. The first-order chi connectivity index (χ1) is 6.77. The summed E-state index contributed by atoms with van der Waals surface area (Å²) >= 11 is 0. The maximum Gasteiger partial charge on any atom is 0.130 e. The Morgan fingerprint density at radius 2 is 2.36 bits per heavy atom. The fraction of sp³-hybridized carbons (Fsp3) is 0.364. The summed E-state index contributed by atoms with van der Waals surface area (Å²) in [6, 6.07) is 3.82. The number of anilines is 1. The standard InChI is InChI=1S/C11H14N2O/c12-11-10(5-2-6-13-11)8-3-1-4-9(14)7-8/h2,5-7,9,14H,1,3-4H2,(H2,12,13). The summed E-state index contributed by atoms with van der Waals surface area (Å²) < 4.78 is 0. The second-order valence-electron chi connectivity index (χ2n) is 3.59. The van der Waals surface area contributed by atoms with Crippen LogP contribution in [0.2, 0.25) is 0 Å². The van der Waals surface area contributed by atoms with E-state index in [-0.39, 0.29) is 6.10 Å². The van der Waals surface area contributed by atoms with Gasteiger partial charge in [0.1, 0.15) is 5.82 Å². The molecule has 1 atom stereocenters. The SMILES string of the molecule is Nc1ncccc1C1=CC(O)CCC1. The predicted octanol–water partition coefficient (Wildman–Crippen LogP) is 1.59. The number of aliphatic hydroxyl groups is 1. The van der Waals surface area contributed by atoms with Crippen molar-refractivity contribution >= 4 is 11.4 Å². The van der Waals surface area contributed by atoms with Gasteiger partial charge < -0.3 is 10.8 Å². The molecule has 1 unspecified atom stereocenters. The Balaban J connectivity index is 2.35. The molecular formula is C11H14N2O. The summed E-state index contributed by atoms with van der Waals surface area (Å²) in [5, 5.41) is 9.49. The first-order valence-electron chi connectivity index (χ1n) is 4.87. The van der Waals surface area contributed by atoms with Gasteiger partial charge in [-0.15, -0.1) is 0 Å². The van der Waals surface area contributed by atoms with Gasteiger partial charge in [-0.25, -0.2) is 4.98 Å². The van der Waals surface area contributed by atoms with Gasteiger partial charge in [0.2, 0.25) is 0 Å². The van der Waals surface area contributed by atoms with E-state index in [4.69, 9.17) is 5.73 Å². The Morgan fingerprint density at radius 3 is 3.07 bits per heavy atom. The van der Waals surface area contributed by atoms with E-state index in [9.17, 15) is 5.11 Å². The van der Waals surface area contributed by atoms with Gasteiger partial charge in [0, 0.05) is 11.8 Å². The molecule has 1 aromatic rings. The van der Waals surface area contributed by atoms with Gasteiger partial charge in [0.05, 0.1) is 6.10 Å². The number of aromatic nitrogens is 1. The number of nitrogen functional groups attached to an aromatic ring is 1. The highest BCUT2D eigenvalue weighted by molar-refractivity contribution is 5.73. The molecule has 1 aromatic heterocycles. The molecule has 0 bridgehead atoms. The summed E-state index contributed by atoms with van der Waals surface area (Å²) in [5.41, 5.74) is 7.85. The molecule has 3 nitrogen and oxygen atoms in total. The second kappa shape index (κ2) is 3.80. The normalized spacial score (nSPS) is 21.8. The van der Waals surface area contributed by atoms with Crippen LogP contribution in [-0.4, -0.2) is 16.2 Å². The van der Waals surface area contributed by atoms with Crippen molar-refractivity contribution in [1.29, 1.82) is 0 Å². The van der Waals surface area contributed by atoms with E-state index in [0.717, 1.165) is 30.4 Å². The van der Waals surface area contributed by atoms with Crippen molar-refractivity contribution in [1.82, 2.24) is 4.98 Å². The molecule has 0 radical (unpaired) electrons. The van der Waals surface area contributed by atoms with Crippen LogP contribution in [0.4, 0.5) is 5.82 Å². The van der Waals surface area contributed by atoms with Crippen LogP contribution in [0.3, 0.4) is 0 Å². The van der Waals surface area contributed by atoms with Crippen molar-refractivity contribution < 1.29 is 5.11 Å². The van der Waals surface area contributed by atoms with Crippen molar-refractivity contribution in [3.8, 4) is 0 Å². The molecule has 0 fully saturated rings. The molecular weight excluding hydrogens is 176 g/mol. The zero-order chi connectivity index (χ0) is 9.97. The summed E-state index contributed by atoms with van der Waals surface area (Å²) in [7, 11) is 0. The minimum Gasteiger partial charge on any atom is -0.389 e. The summed E-state index contributed by atoms with van der Waals surface area (Å²) in [4.78, 5) is 4.03. The van der Waals surface area contributed by atoms with E-state index in [1.165, 1.54) is 0 Å². The van der Waals surface area contributed by atoms with Crippen LogP contribution in [0.1, 0.15) is 24.8 Å². The lowest BCUT2D eigenvalue weighted by Crippen LogP contribution is -2.09. The molecule has 2 rings (SSSR count). The predicted molar refractivity (Wildman–Crippen MR) is 56.5 cm³/mol. The minimum atomic E-state index is -0.321. The highest BCUT2D eigenvalue weighted by Gasteiger charge is 2.13. The van der Waals surface area contributed by atoms with Gasteiger partial charge in [-0.1, -0.05) is 6.08 Å². The van der Waals surface area contributed by atoms with Crippen LogP contribution >= 0.6 is 0 Å². The number of hydrogen-bond acceptors (Lipinski definition) is 3. The maximum atomic E-state index is 9.49. The summed E-state index contributed by atoms with van der Waals surface area (Å²) in [6.45, 7) is 0. The lowest BCUT2D eigenvalue weighted by Gasteiger charge is -2.17. The first-order valence-corrected chi connectivity index (χ1v) is 4.87. The summed E-state index contributed by atoms with van der Waals surface area (Å²) in [6.07, 6.45) is 6.09. The Morgan fingerprint density at radius 1 is 1.50 bits per heavy atom. The molecule has 0 amide bonds. The average Bonchev–Trinajstić information content (AvgIpc) is 2.18. The zero-order valence-electron chi connectivity index (χ0n) is 7.98. The van der Waals surface area contributed by atoms with E-state index < -0.39 is 0 Å². The van der Waals surface area contributed by atoms with Gasteiger partial charge in [-0.05, 0) is 37.0 Å². The summed E-state index contributed by atoms with van der Waals surface area (Å²) in [5.74, 6) is 0.549. The van der Waals surface area contributed by atoms with Crippen LogP contribution in [0.15, 0.2) is 24.4 Å². The van der Waals surface area contributed by atoms with E-state index in [2.05, 4.69) is 4.98 Å². The van der Waals surface area contributed by atoms with Crippen LogP contribution in [-0.2, 0) is 0 Å². The molecule has 0 saturated heterocycles. The van der Waals surface area contributed by atoms with Crippen molar-refractivity contribution in [3.63, 3.8) is 0 Å². The topological polar surface area (TPSA) is 59.1 Å². The highest BCUT2D eigenvalue weighted by Crippen LogP contribution is 2.29. The van der Waals surface area contributed by atoms with Gasteiger partial charge in [0.25, 0.3) is 0 Å². The third kappa shape index (κ3) is 1.77. The molecule has 74 valence electrons. The number of nitrogens with two attached hydrogens (primary N) is 1. The third-order valence-electron chi connectivity index (χ3n) is 2.52. The molecule has 1 aliphatic carbocycles. The lowest BCUT2D eigenvalue weighted by atomic mass is 9.92. The van der Waals surface area contributed by atoms with Gasteiger partial charge in [-0.3, -0.25) is 0 Å². The number of rotatable bonds is 1. The van der Waals surface area contributed by atoms with Crippen molar-refractivity contribution in [2.45, 2.75) is 25.4 Å². The van der Waals surface area contributed by atoms with Crippen molar-refractivity contribution in [3.05, 3.63) is 30.0 Å². The largest absolute Gasteiger partial charge is 0.389 e. The van der Waals surface area contributed by atoms with Gasteiger partial charge in [0.15, 0.2) is 0 Å². The Kier molecular flexibility index (Phi) is 2.50. The molecule has 3 N–H and O–H groups in total. The van der Waals surface area contributed by atoms with Crippen LogP contribution in [0, 0.1) is 0 Å². The number of aliphatic hydroxyl groups excluding tert-OH is 1. The lowest BCUT2D eigenvalue weighted by molar-refractivity contribution is 0.206. The molecule has 0 aliphatic heterocycles. The molecule has 14 heavy (non-hydrogen) atoms. The molecule has 0 aromatic carbocycles. The first kappa shape index (κ1) is 9.21. The van der Waals surface area contributed by atoms with Crippen LogP contribution < -0.4 is 5.73 Å². The van der Waals surface area contributed by atoms with Crippen molar-refractivity contribution in [2.75, 3.05) is 5.73 Å². The van der Waals surface area contributed by atoms with Gasteiger partial charge in [-0.2, -0.15) is 0 Å². The van der Waals surface area contributed by atoms with E-state index >= 15 is 0 Å². The maximum absolute atomic E-state index is 9.49. The number of allylic oxidation sites excluding steroid dienone is 1. The van der Waals surface area contributed by atoms with Crippen LogP contribution in [0.5, 0.6) is 0 Å². The Hall–Kier alpha value is -1.35. The molecule has 1 aliphatic rings. The number of nitrogens with zero attached hydrogens (tertiary/aromatic N) is 1. The van der Waals surface area contributed by atoms with E-state index in [1.54, 1.807) is 6.20 Å². The highest BCUT2D eigenvalue weighted by atomic mass is 16.3. The molecule has 0 saturated carbocycles. The average molecular weight is 190 g/mol. The van der Waals surface area contributed by atoms with Crippen molar-refractivity contribution in [2.24, 2.45) is 0 Å². The minimum absolute atomic E-state index is 0.321. The smallest absolute Gasteiger partial charge is 0.130 e. The molecule has 1 heterocycles. The zero-order valence-corrected chi connectivity index (χ0v) is 7.98. The second-order valence-corrected chi connectivity index (χ2v) is 3.59. The quantitative estimate of drug-likeness (QED) is 0.707. The molecule has 0 spiro atoms. The Bertz CT molecular complexity index is 360. The monoisotopic (exact) mass is 190 g/mol. The third-order valence-corrected chi connectivity index (χ3v) is 2.52. The van der Waals surface area contributed by atoms with E-state index in [1.807, 2.05) is 18.2 Å². The van der Waals surface area contributed by atoms with Crippen LogP contribution in [0.25, 0.3) is 5.57 Å². The fourth-order valence-corrected chi connectivity index (χ4v) is 1.81.